The lowest BCUT2D eigenvalue weighted by molar-refractivity contribution is 0.256. The number of unbranched alkanes of at least 4 members (excludes halogenated alkanes) is 6. The van der Waals surface area contributed by atoms with Gasteiger partial charge in [-0.25, -0.2) is 0 Å². The first-order chi connectivity index (χ1) is 6.81. The summed E-state index contributed by atoms with van der Waals surface area (Å²) in [5, 5.41) is 8.74. The minimum Gasteiger partial charge on any atom is -0.396 e. The molecule has 0 fully saturated rings. The van der Waals surface area contributed by atoms with Crippen LogP contribution in [0.25, 0.3) is 0 Å². The van der Waals surface area contributed by atoms with E-state index in [1.807, 2.05) is 0 Å². The van der Waals surface area contributed by atoms with Crippen molar-refractivity contribution in [3.8, 4) is 0 Å². The molecule has 0 amide bonds. The van der Waals surface area contributed by atoms with Crippen LogP contribution in [0, 0.1) is 5.92 Å². The van der Waals surface area contributed by atoms with E-state index in [0.29, 0.717) is 6.61 Å². The van der Waals surface area contributed by atoms with Gasteiger partial charge in [0, 0.05) is 6.61 Å². The molecular formula is C13H28O. The molecule has 1 nitrogen and oxygen atoms in total. The van der Waals surface area contributed by atoms with E-state index < -0.39 is 0 Å². The van der Waals surface area contributed by atoms with Crippen LogP contribution in [0.3, 0.4) is 0 Å². The lowest BCUT2D eigenvalue weighted by Crippen LogP contribution is -1.97. The smallest absolute Gasteiger partial charge is 0.0433 e. The SMILES string of the molecule is CCCCCCCCC[C@H](C)CCO. The monoisotopic (exact) mass is 200 g/mol. The summed E-state index contributed by atoms with van der Waals surface area (Å²) in [6.45, 7) is 4.86. The van der Waals surface area contributed by atoms with Crippen molar-refractivity contribution < 1.29 is 5.11 Å². The molecule has 0 unspecified atom stereocenters. The first-order valence-corrected chi connectivity index (χ1v) is 6.42. The number of hydrogen-bond donors (Lipinski definition) is 1. The topological polar surface area (TPSA) is 20.2 Å². The number of rotatable bonds is 10. The number of aliphatic hydroxyl groups is 1. The van der Waals surface area contributed by atoms with E-state index in [1.165, 1.54) is 51.4 Å². The maximum absolute atomic E-state index is 8.74. The summed E-state index contributed by atoms with van der Waals surface area (Å²) in [5.41, 5.74) is 0. The van der Waals surface area contributed by atoms with Gasteiger partial charge >= 0.3 is 0 Å². The summed E-state index contributed by atoms with van der Waals surface area (Å²) < 4.78 is 0. The summed E-state index contributed by atoms with van der Waals surface area (Å²) in [6.07, 6.45) is 12.0. The highest BCUT2D eigenvalue weighted by Gasteiger charge is 2.00. The lowest BCUT2D eigenvalue weighted by Gasteiger charge is -2.08. The third-order valence-electron chi connectivity index (χ3n) is 2.92. The van der Waals surface area contributed by atoms with Gasteiger partial charge in [0.05, 0.1) is 0 Å². The Kier molecular flexibility index (Phi) is 11.0. The Labute approximate surface area is 89.9 Å². The van der Waals surface area contributed by atoms with Crippen molar-refractivity contribution in [1.82, 2.24) is 0 Å². The summed E-state index contributed by atoms with van der Waals surface area (Å²) >= 11 is 0. The van der Waals surface area contributed by atoms with Gasteiger partial charge in [-0.15, -0.1) is 0 Å². The Balaban J connectivity index is 2.98. The molecule has 0 spiro atoms. The third-order valence-corrected chi connectivity index (χ3v) is 2.92. The van der Waals surface area contributed by atoms with Crippen molar-refractivity contribution in [2.24, 2.45) is 5.92 Å². The molecule has 1 atom stereocenters. The molecule has 0 aliphatic carbocycles. The van der Waals surface area contributed by atoms with Crippen molar-refractivity contribution in [2.75, 3.05) is 6.61 Å². The van der Waals surface area contributed by atoms with E-state index in [4.69, 9.17) is 5.11 Å². The van der Waals surface area contributed by atoms with E-state index in [2.05, 4.69) is 13.8 Å². The summed E-state index contributed by atoms with van der Waals surface area (Å²) in [6, 6.07) is 0. The fourth-order valence-electron chi connectivity index (χ4n) is 1.81. The molecule has 0 rings (SSSR count). The lowest BCUT2D eigenvalue weighted by atomic mass is 9.99. The second-order valence-electron chi connectivity index (χ2n) is 4.53. The Morgan fingerprint density at radius 2 is 1.43 bits per heavy atom. The summed E-state index contributed by atoms with van der Waals surface area (Å²) in [7, 11) is 0. The van der Waals surface area contributed by atoms with Gasteiger partial charge in [-0.1, -0.05) is 65.2 Å². The fraction of sp³-hybridized carbons (Fsp3) is 1.00. The molecule has 0 aromatic rings. The standard InChI is InChI=1S/C13H28O/c1-3-4-5-6-7-8-9-10-13(2)11-12-14/h13-14H,3-12H2,1-2H3/t13-/m0/s1. The zero-order valence-corrected chi connectivity index (χ0v) is 10.1. The number of hydrogen-bond acceptors (Lipinski definition) is 1. The first-order valence-electron chi connectivity index (χ1n) is 6.42. The molecule has 0 saturated heterocycles. The molecule has 0 bridgehead atoms. The van der Waals surface area contributed by atoms with Gasteiger partial charge < -0.3 is 5.11 Å². The van der Waals surface area contributed by atoms with E-state index >= 15 is 0 Å². The summed E-state index contributed by atoms with van der Waals surface area (Å²) in [4.78, 5) is 0. The number of aliphatic hydroxyl groups excluding tert-OH is 1. The van der Waals surface area contributed by atoms with Gasteiger partial charge in [0.25, 0.3) is 0 Å². The molecule has 0 heterocycles. The first kappa shape index (κ1) is 14.0. The molecule has 0 aromatic carbocycles. The largest absolute Gasteiger partial charge is 0.396 e. The Morgan fingerprint density at radius 1 is 0.857 bits per heavy atom. The predicted octanol–water partition coefficient (Wildman–Crippen LogP) is 4.15. The predicted molar refractivity (Wildman–Crippen MR) is 63.5 cm³/mol. The molecule has 0 aromatic heterocycles. The minimum atomic E-state index is 0.359. The highest BCUT2D eigenvalue weighted by molar-refractivity contribution is 4.53. The third kappa shape index (κ3) is 10.0. The zero-order chi connectivity index (χ0) is 10.6. The van der Waals surface area contributed by atoms with E-state index in [-0.39, 0.29) is 0 Å². The average molecular weight is 200 g/mol. The Hall–Kier alpha value is -0.0400. The molecule has 0 radical (unpaired) electrons. The van der Waals surface area contributed by atoms with Gasteiger partial charge in [-0.3, -0.25) is 0 Å². The van der Waals surface area contributed by atoms with Crippen LogP contribution in [0.1, 0.15) is 71.6 Å². The van der Waals surface area contributed by atoms with Crippen molar-refractivity contribution in [1.29, 1.82) is 0 Å². The van der Waals surface area contributed by atoms with Crippen LogP contribution in [-0.4, -0.2) is 11.7 Å². The zero-order valence-electron chi connectivity index (χ0n) is 10.1. The molecule has 86 valence electrons. The van der Waals surface area contributed by atoms with Crippen LogP contribution in [0.5, 0.6) is 0 Å². The van der Waals surface area contributed by atoms with Crippen molar-refractivity contribution >= 4 is 0 Å². The van der Waals surface area contributed by atoms with Crippen LogP contribution in [-0.2, 0) is 0 Å². The second-order valence-corrected chi connectivity index (χ2v) is 4.53. The highest BCUT2D eigenvalue weighted by Crippen LogP contribution is 2.14. The fourth-order valence-corrected chi connectivity index (χ4v) is 1.81. The molecule has 1 heteroatoms. The van der Waals surface area contributed by atoms with Crippen LogP contribution in [0.2, 0.25) is 0 Å². The van der Waals surface area contributed by atoms with Gasteiger partial charge in [0.15, 0.2) is 0 Å². The van der Waals surface area contributed by atoms with E-state index in [9.17, 15) is 0 Å². The highest BCUT2D eigenvalue weighted by atomic mass is 16.3. The molecule has 1 N–H and O–H groups in total. The summed E-state index contributed by atoms with van der Waals surface area (Å²) in [5.74, 6) is 0.718. The van der Waals surface area contributed by atoms with Crippen LogP contribution >= 0.6 is 0 Å². The second kappa shape index (κ2) is 11.0. The van der Waals surface area contributed by atoms with Crippen LogP contribution in [0.15, 0.2) is 0 Å². The van der Waals surface area contributed by atoms with Gasteiger partial charge in [-0.2, -0.15) is 0 Å². The Morgan fingerprint density at radius 3 is 2.00 bits per heavy atom. The molecule has 0 aliphatic heterocycles. The van der Waals surface area contributed by atoms with Crippen molar-refractivity contribution in [3.05, 3.63) is 0 Å². The van der Waals surface area contributed by atoms with Gasteiger partial charge in [-0.05, 0) is 12.3 Å². The minimum absolute atomic E-state index is 0.359. The quantitative estimate of drug-likeness (QED) is 0.525. The van der Waals surface area contributed by atoms with E-state index in [0.717, 1.165) is 12.3 Å². The van der Waals surface area contributed by atoms with Crippen molar-refractivity contribution in [3.63, 3.8) is 0 Å². The maximum Gasteiger partial charge on any atom is 0.0433 e. The Bertz CT molecular complexity index is 101. The van der Waals surface area contributed by atoms with Crippen LogP contribution < -0.4 is 0 Å². The molecule has 14 heavy (non-hydrogen) atoms. The van der Waals surface area contributed by atoms with Crippen molar-refractivity contribution in [2.45, 2.75) is 71.6 Å². The van der Waals surface area contributed by atoms with Crippen LogP contribution in [0.4, 0.5) is 0 Å². The molecular weight excluding hydrogens is 172 g/mol. The van der Waals surface area contributed by atoms with Gasteiger partial charge in [0.2, 0.25) is 0 Å². The average Bonchev–Trinajstić information content (AvgIpc) is 2.17. The van der Waals surface area contributed by atoms with E-state index in [1.54, 1.807) is 0 Å². The maximum atomic E-state index is 8.74. The molecule has 0 aliphatic rings. The van der Waals surface area contributed by atoms with Gasteiger partial charge in [0.1, 0.15) is 0 Å². The molecule has 0 saturated carbocycles. The normalized spacial score (nSPS) is 13.1.